The highest BCUT2D eigenvalue weighted by molar-refractivity contribution is 5.82. The molecule has 0 aromatic carbocycles. The van der Waals surface area contributed by atoms with Crippen LogP contribution in [0, 0.1) is 0 Å². The van der Waals surface area contributed by atoms with Gasteiger partial charge in [0, 0.05) is 32.3 Å². The van der Waals surface area contributed by atoms with Crippen molar-refractivity contribution in [2.24, 2.45) is 0 Å². The van der Waals surface area contributed by atoms with Gasteiger partial charge >= 0.3 is 0 Å². The molecule has 0 saturated heterocycles. The number of ketones is 1. The maximum atomic E-state index is 11.8. The van der Waals surface area contributed by atoms with Crippen LogP contribution in [0.1, 0.15) is 25.2 Å². The molecule has 18 heavy (non-hydrogen) atoms. The van der Waals surface area contributed by atoms with E-state index in [4.69, 9.17) is 4.74 Å². The summed E-state index contributed by atoms with van der Waals surface area (Å²) in [5, 5.41) is 7.49. The summed E-state index contributed by atoms with van der Waals surface area (Å²) < 4.78 is 6.82. The van der Waals surface area contributed by atoms with Gasteiger partial charge in [-0.15, -0.1) is 0 Å². The number of ether oxygens (including phenoxy) is 1. The third kappa shape index (κ3) is 4.58. The quantitative estimate of drug-likeness (QED) is 0.662. The Morgan fingerprint density at radius 3 is 2.89 bits per heavy atom. The Bertz CT molecular complexity index is 374. The molecule has 1 rings (SSSR count). The van der Waals surface area contributed by atoms with Crippen LogP contribution in [0.5, 0.6) is 0 Å². The highest BCUT2D eigenvalue weighted by Crippen LogP contribution is 2.06. The molecule has 0 aliphatic heterocycles. The van der Waals surface area contributed by atoms with Crippen LogP contribution in [-0.4, -0.2) is 42.4 Å². The molecular weight excluding hydrogens is 230 g/mol. The Labute approximate surface area is 109 Å². The van der Waals surface area contributed by atoms with Crippen molar-refractivity contribution in [2.45, 2.75) is 33.2 Å². The van der Waals surface area contributed by atoms with E-state index in [-0.39, 0.29) is 5.78 Å². The van der Waals surface area contributed by atoms with Gasteiger partial charge in [-0.05, 0) is 19.4 Å². The van der Waals surface area contributed by atoms with Crippen LogP contribution in [0.25, 0.3) is 0 Å². The van der Waals surface area contributed by atoms with E-state index in [1.165, 1.54) is 0 Å². The molecule has 1 aromatic heterocycles. The van der Waals surface area contributed by atoms with Crippen LogP contribution >= 0.6 is 0 Å². The highest BCUT2D eigenvalue weighted by atomic mass is 16.5. The van der Waals surface area contributed by atoms with E-state index in [1.807, 2.05) is 17.7 Å². The lowest BCUT2D eigenvalue weighted by molar-refractivity contribution is -0.117. The lowest BCUT2D eigenvalue weighted by Gasteiger charge is -2.05. The monoisotopic (exact) mass is 253 g/mol. The average Bonchev–Trinajstić information content (AvgIpc) is 2.77. The van der Waals surface area contributed by atoms with Crippen molar-refractivity contribution in [3.05, 3.63) is 17.5 Å². The minimum absolute atomic E-state index is 0.184. The molecule has 0 atom stereocenters. The van der Waals surface area contributed by atoms with Gasteiger partial charge in [-0.3, -0.25) is 9.48 Å². The van der Waals surface area contributed by atoms with E-state index in [1.54, 1.807) is 7.11 Å². The average molecular weight is 253 g/mol. The summed E-state index contributed by atoms with van der Waals surface area (Å²) in [6.07, 6.45) is 1.35. The van der Waals surface area contributed by atoms with Crippen molar-refractivity contribution in [1.82, 2.24) is 15.1 Å². The third-order valence-electron chi connectivity index (χ3n) is 2.76. The zero-order valence-electron chi connectivity index (χ0n) is 11.5. The predicted octanol–water partition coefficient (Wildman–Crippen LogP) is 0.813. The largest absolute Gasteiger partial charge is 0.383 e. The van der Waals surface area contributed by atoms with E-state index in [0.29, 0.717) is 26.1 Å². The molecule has 5 nitrogen and oxygen atoms in total. The number of nitrogens with one attached hydrogen (secondary N) is 1. The molecule has 0 saturated carbocycles. The van der Waals surface area contributed by atoms with E-state index in [9.17, 15) is 4.79 Å². The summed E-state index contributed by atoms with van der Waals surface area (Å²) in [7, 11) is 1.65. The van der Waals surface area contributed by atoms with Gasteiger partial charge in [0.1, 0.15) is 0 Å². The molecule has 0 bridgehead atoms. The van der Waals surface area contributed by atoms with Crippen LogP contribution in [0.4, 0.5) is 0 Å². The maximum absolute atomic E-state index is 11.8. The lowest BCUT2D eigenvalue weighted by Crippen LogP contribution is -2.27. The molecule has 0 amide bonds. The number of hydrogen-bond acceptors (Lipinski definition) is 4. The normalized spacial score (nSPS) is 10.8. The summed E-state index contributed by atoms with van der Waals surface area (Å²) in [4.78, 5) is 11.8. The Hall–Kier alpha value is -1.20. The molecule has 102 valence electrons. The van der Waals surface area contributed by atoms with Crippen LogP contribution in [0.15, 0.2) is 6.07 Å². The number of hydrogen-bond donors (Lipinski definition) is 1. The van der Waals surface area contributed by atoms with Crippen molar-refractivity contribution in [3.8, 4) is 0 Å². The number of aryl methyl sites for hydroxylation is 2. The van der Waals surface area contributed by atoms with Crippen LogP contribution in [0.3, 0.4) is 0 Å². The highest BCUT2D eigenvalue weighted by Gasteiger charge is 2.10. The van der Waals surface area contributed by atoms with Gasteiger partial charge in [0.2, 0.25) is 0 Å². The first-order valence-corrected chi connectivity index (χ1v) is 6.48. The second-order valence-corrected chi connectivity index (χ2v) is 4.18. The molecule has 1 aromatic rings. The van der Waals surface area contributed by atoms with Crippen molar-refractivity contribution < 1.29 is 9.53 Å². The van der Waals surface area contributed by atoms with Gasteiger partial charge in [0.05, 0.1) is 18.8 Å². The minimum atomic E-state index is 0.184. The first-order valence-electron chi connectivity index (χ1n) is 6.48. The van der Waals surface area contributed by atoms with Gasteiger partial charge < -0.3 is 10.1 Å². The number of carbonyl (C=O) groups excluding carboxylic acids is 1. The van der Waals surface area contributed by atoms with Crippen LogP contribution in [0.2, 0.25) is 0 Å². The Morgan fingerprint density at radius 1 is 1.50 bits per heavy atom. The number of nitrogens with zero attached hydrogens (tertiary/aromatic N) is 2. The SMILES string of the molecule is CCc1cc(CC(=O)CNCCOC)n(CC)n1. The van der Waals surface area contributed by atoms with E-state index in [2.05, 4.69) is 17.3 Å². The van der Waals surface area contributed by atoms with E-state index in [0.717, 1.165) is 24.4 Å². The van der Waals surface area contributed by atoms with Crippen molar-refractivity contribution in [3.63, 3.8) is 0 Å². The van der Waals surface area contributed by atoms with Crippen LogP contribution < -0.4 is 5.32 Å². The first-order chi connectivity index (χ1) is 8.71. The molecule has 0 radical (unpaired) electrons. The number of carbonyl (C=O) groups is 1. The molecule has 0 aliphatic carbocycles. The summed E-state index contributed by atoms with van der Waals surface area (Å²) >= 11 is 0. The summed E-state index contributed by atoms with van der Waals surface area (Å²) in [6.45, 7) is 6.63. The number of aromatic nitrogens is 2. The summed E-state index contributed by atoms with van der Waals surface area (Å²) in [5.74, 6) is 0.184. The number of Topliss-reactive ketones (excluding diaryl/α,β-unsaturated/α-hetero) is 1. The van der Waals surface area contributed by atoms with Gasteiger partial charge in [0.25, 0.3) is 0 Å². The topological polar surface area (TPSA) is 56.1 Å². The molecular formula is C13H23N3O2. The zero-order chi connectivity index (χ0) is 13.4. The molecule has 5 heteroatoms. The maximum Gasteiger partial charge on any atom is 0.152 e. The third-order valence-corrected chi connectivity index (χ3v) is 2.76. The van der Waals surface area contributed by atoms with Crippen molar-refractivity contribution in [2.75, 3.05) is 26.8 Å². The van der Waals surface area contributed by atoms with E-state index < -0.39 is 0 Å². The summed E-state index contributed by atoms with van der Waals surface area (Å²) in [6, 6.07) is 2.02. The fourth-order valence-electron chi connectivity index (χ4n) is 1.77. The van der Waals surface area contributed by atoms with E-state index >= 15 is 0 Å². The second-order valence-electron chi connectivity index (χ2n) is 4.18. The Morgan fingerprint density at radius 2 is 2.28 bits per heavy atom. The van der Waals surface area contributed by atoms with Gasteiger partial charge in [0.15, 0.2) is 5.78 Å². The second kappa shape index (κ2) is 8.00. The molecule has 0 unspecified atom stereocenters. The first kappa shape index (κ1) is 14.9. The molecule has 1 N–H and O–H groups in total. The smallest absolute Gasteiger partial charge is 0.152 e. The predicted molar refractivity (Wildman–Crippen MR) is 70.7 cm³/mol. The van der Waals surface area contributed by atoms with Crippen LogP contribution in [-0.2, 0) is 28.9 Å². The van der Waals surface area contributed by atoms with Gasteiger partial charge in [-0.25, -0.2) is 0 Å². The van der Waals surface area contributed by atoms with Gasteiger partial charge in [-0.2, -0.15) is 5.10 Å². The lowest BCUT2D eigenvalue weighted by atomic mass is 10.2. The fraction of sp³-hybridized carbons (Fsp3) is 0.692. The number of methoxy groups -OCH3 is 1. The van der Waals surface area contributed by atoms with Crippen molar-refractivity contribution in [1.29, 1.82) is 0 Å². The van der Waals surface area contributed by atoms with Crippen molar-refractivity contribution >= 4 is 5.78 Å². The molecule has 0 aliphatic rings. The Balaban J connectivity index is 2.45. The zero-order valence-corrected chi connectivity index (χ0v) is 11.5. The van der Waals surface area contributed by atoms with Gasteiger partial charge in [-0.1, -0.05) is 6.92 Å². The minimum Gasteiger partial charge on any atom is -0.383 e. The standard InChI is InChI=1S/C13H23N3O2/c1-4-11-8-12(16(5-2)15-11)9-13(17)10-14-6-7-18-3/h8,14H,4-7,9-10H2,1-3H3. The Kier molecular flexibility index (Phi) is 6.60. The number of rotatable bonds is 9. The molecule has 1 heterocycles. The fourth-order valence-corrected chi connectivity index (χ4v) is 1.77. The summed E-state index contributed by atoms with van der Waals surface area (Å²) in [5.41, 5.74) is 2.06. The molecule has 0 fully saturated rings. The molecule has 0 spiro atoms.